The zero-order chi connectivity index (χ0) is 18.4. The highest BCUT2D eigenvalue weighted by Gasteiger charge is 2.24. The number of carbonyl (C=O) groups excluding carboxylic acids is 1. The number of nitrogens with zero attached hydrogens (tertiary/aromatic N) is 1. The van der Waals surface area contributed by atoms with Crippen molar-refractivity contribution in [3.63, 3.8) is 0 Å². The molecule has 5 nitrogen and oxygen atoms in total. The lowest BCUT2D eigenvalue weighted by atomic mass is 9.95. The van der Waals surface area contributed by atoms with E-state index in [9.17, 15) is 4.79 Å². The third-order valence-electron chi connectivity index (χ3n) is 4.94. The van der Waals surface area contributed by atoms with E-state index in [1.807, 2.05) is 42.5 Å². The molecule has 1 aliphatic heterocycles. The van der Waals surface area contributed by atoms with E-state index in [1.54, 1.807) is 7.11 Å². The summed E-state index contributed by atoms with van der Waals surface area (Å²) in [7, 11) is 1.65. The van der Waals surface area contributed by atoms with Gasteiger partial charge in [0.1, 0.15) is 5.75 Å². The predicted molar refractivity (Wildman–Crippen MR) is 111 cm³/mol. The van der Waals surface area contributed by atoms with Gasteiger partial charge in [-0.2, -0.15) is 0 Å². The molecule has 146 valence electrons. The van der Waals surface area contributed by atoms with Crippen LogP contribution in [-0.4, -0.2) is 31.0 Å². The van der Waals surface area contributed by atoms with Crippen LogP contribution in [0.25, 0.3) is 0 Å². The molecule has 1 saturated heterocycles. The van der Waals surface area contributed by atoms with Crippen LogP contribution >= 0.6 is 12.4 Å². The maximum Gasteiger partial charge on any atom is 0.223 e. The Hall–Kier alpha value is -2.24. The molecule has 0 spiro atoms. The fraction of sp³-hybridized carbons (Fsp3) is 0.381. The molecule has 0 radical (unpaired) electrons. The quantitative estimate of drug-likeness (QED) is 0.744. The van der Waals surface area contributed by atoms with Crippen LogP contribution in [0.3, 0.4) is 0 Å². The van der Waals surface area contributed by atoms with Gasteiger partial charge < -0.3 is 15.8 Å². The molecule has 6 heteroatoms. The molecule has 2 aromatic carbocycles. The SMILES string of the molecule is COc1ccc(CNC(=O)C2CCN(Cc3cccc(N)c3)CC2)cc1.Cl. The number of halogens is 1. The van der Waals surface area contributed by atoms with Crippen LogP contribution in [0.2, 0.25) is 0 Å². The van der Waals surface area contributed by atoms with Gasteiger partial charge in [-0.15, -0.1) is 12.4 Å². The highest BCUT2D eigenvalue weighted by atomic mass is 35.5. The predicted octanol–water partition coefficient (Wildman–Crippen LogP) is 3.23. The van der Waals surface area contributed by atoms with Crippen molar-refractivity contribution in [2.45, 2.75) is 25.9 Å². The maximum atomic E-state index is 12.4. The lowest BCUT2D eigenvalue weighted by Crippen LogP contribution is -2.40. The van der Waals surface area contributed by atoms with Gasteiger partial charge in [0, 0.05) is 24.7 Å². The average Bonchev–Trinajstić information content (AvgIpc) is 2.67. The van der Waals surface area contributed by atoms with Crippen LogP contribution in [0.15, 0.2) is 48.5 Å². The summed E-state index contributed by atoms with van der Waals surface area (Å²) in [6.45, 7) is 3.34. The number of benzene rings is 2. The maximum absolute atomic E-state index is 12.4. The van der Waals surface area contributed by atoms with Gasteiger partial charge in [0.05, 0.1) is 7.11 Å². The fourth-order valence-electron chi connectivity index (χ4n) is 3.38. The van der Waals surface area contributed by atoms with Gasteiger partial charge in [-0.05, 0) is 61.3 Å². The molecule has 0 saturated carbocycles. The van der Waals surface area contributed by atoms with Crippen molar-refractivity contribution in [3.05, 3.63) is 59.7 Å². The molecule has 3 N–H and O–H groups in total. The number of hydrogen-bond donors (Lipinski definition) is 2. The molecule has 0 aliphatic carbocycles. The van der Waals surface area contributed by atoms with Crippen molar-refractivity contribution in [2.75, 3.05) is 25.9 Å². The van der Waals surface area contributed by atoms with Crippen LogP contribution in [-0.2, 0) is 17.9 Å². The first-order valence-electron chi connectivity index (χ1n) is 9.11. The number of rotatable bonds is 6. The Morgan fingerprint density at radius 1 is 1.15 bits per heavy atom. The van der Waals surface area contributed by atoms with E-state index in [2.05, 4.69) is 16.3 Å². The molecule has 1 amide bonds. The van der Waals surface area contributed by atoms with Crippen molar-refractivity contribution in [1.29, 1.82) is 0 Å². The van der Waals surface area contributed by atoms with Crippen LogP contribution in [0.1, 0.15) is 24.0 Å². The highest BCUT2D eigenvalue weighted by Crippen LogP contribution is 2.20. The van der Waals surface area contributed by atoms with Crippen LogP contribution in [0.5, 0.6) is 5.75 Å². The third kappa shape index (κ3) is 6.15. The number of amides is 1. The summed E-state index contributed by atoms with van der Waals surface area (Å²) in [6, 6.07) is 15.8. The number of ether oxygens (including phenoxy) is 1. The zero-order valence-corrected chi connectivity index (χ0v) is 16.5. The summed E-state index contributed by atoms with van der Waals surface area (Å²) in [6.07, 6.45) is 1.80. The number of nitrogens with one attached hydrogen (secondary N) is 1. The normalized spacial score (nSPS) is 15.0. The Morgan fingerprint density at radius 3 is 2.48 bits per heavy atom. The van der Waals surface area contributed by atoms with E-state index < -0.39 is 0 Å². The van der Waals surface area contributed by atoms with Gasteiger partial charge in [0.25, 0.3) is 0 Å². The molecule has 0 bridgehead atoms. The van der Waals surface area contributed by atoms with Crippen LogP contribution < -0.4 is 15.8 Å². The van der Waals surface area contributed by atoms with Gasteiger partial charge in [0.15, 0.2) is 0 Å². The Bertz CT molecular complexity index is 728. The average molecular weight is 390 g/mol. The molecule has 0 aromatic heterocycles. The van der Waals surface area contributed by atoms with E-state index in [0.29, 0.717) is 6.54 Å². The van der Waals surface area contributed by atoms with Crippen molar-refractivity contribution < 1.29 is 9.53 Å². The summed E-state index contributed by atoms with van der Waals surface area (Å²) in [4.78, 5) is 14.8. The van der Waals surface area contributed by atoms with Gasteiger partial charge >= 0.3 is 0 Å². The summed E-state index contributed by atoms with van der Waals surface area (Å²) in [5, 5.41) is 3.06. The molecule has 1 aliphatic rings. The van der Waals surface area contributed by atoms with Crippen molar-refractivity contribution in [2.24, 2.45) is 5.92 Å². The number of nitrogens with two attached hydrogens (primary N) is 1. The van der Waals surface area contributed by atoms with E-state index in [-0.39, 0.29) is 24.2 Å². The molecule has 2 aromatic rings. The second kappa shape index (κ2) is 10.2. The minimum Gasteiger partial charge on any atom is -0.497 e. The first-order valence-corrected chi connectivity index (χ1v) is 9.11. The highest BCUT2D eigenvalue weighted by molar-refractivity contribution is 5.85. The molecule has 1 heterocycles. The molecule has 3 rings (SSSR count). The summed E-state index contributed by atoms with van der Waals surface area (Å²) in [5.74, 6) is 1.09. The number of carbonyl (C=O) groups is 1. The topological polar surface area (TPSA) is 67.6 Å². The van der Waals surface area contributed by atoms with Gasteiger partial charge in [-0.25, -0.2) is 0 Å². The summed E-state index contributed by atoms with van der Waals surface area (Å²) in [5.41, 5.74) is 8.96. The Labute approximate surface area is 167 Å². The number of hydrogen-bond acceptors (Lipinski definition) is 4. The molecule has 27 heavy (non-hydrogen) atoms. The monoisotopic (exact) mass is 389 g/mol. The van der Waals surface area contributed by atoms with Crippen molar-refractivity contribution in [1.82, 2.24) is 10.2 Å². The van der Waals surface area contributed by atoms with Crippen LogP contribution in [0, 0.1) is 5.92 Å². The minimum atomic E-state index is 0. The largest absolute Gasteiger partial charge is 0.497 e. The molecule has 0 atom stereocenters. The zero-order valence-electron chi connectivity index (χ0n) is 15.7. The van der Waals surface area contributed by atoms with Gasteiger partial charge in [-0.1, -0.05) is 24.3 Å². The summed E-state index contributed by atoms with van der Waals surface area (Å²) < 4.78 is 5.15. The molecular weight excluding hydrogens is 362 g/mol. The lowest BCUT2D eigenvalue weighted by Gasteiger charge is -2.31. The lowest BCUT2D eigenvalue weighted by molar-refractivity contribution is -0.126. The van der Waals surface area contributed by atoms with E-state index in [4.69, 9.17) is 10.5 Å². The third-order valence-corrected chi connectivity index (χ3v) is 4.94. The molecule has 1 fully saturated rings. The fourth-order valence-corrected chi connectivity index (χ4v) is 3.38. The molecule has 0 unspecified atom stereocenters. The van der Waals surface area contributed by atoms with Gasteiger partial charge in [0.2, 0.25) is 5.91 Å². The first kappa shape index (κ1) is 21.1. The van der Waals surface area contributed by atoms with E-state index in [1.165, 1.54) is 5.56 Å². The number of piperidine rings is 1. The smallest absolute Gasteiger partial charge is 0.223 e. The number of likely N-dealkylation sites (tertiary alicyclic amines) is 1. The number of methoxy groups -OCH3 is 1. The number of nitrogen functional groups attached to an aromatic ring is 1. The Balaban J connectivity index is 0.00000261. The van der Waals surface area contributed by atoms with Gasteiger partial charge in [-0.3, -0.25) is 9.69 Å². The summed E-state index contributed by atoms with van der Waals surface area (Å²) >= 11 is 0. The Morgan fingerprint density at radius 2 is 1.85 bits per heavy atom. The molecular formula is C21H28ClN3O2. The van der Waals surface area contributed by atoms with E-state index in [0.717, 1.165) is 49.5 Å². The standard InChI is InChI=1S/C21H27N3O2.ClH/c1-26-20-7-5-16(6-8-20)14-23-21(25)18-9-11-24(12-10-18)15-17-3-2-4-19(22)13-17;/h2-8,13,18H,9-12,14-15,22H2,1H3,(H,23,25);1H. The number of anilines is 1. The van der Waals surface area contributed by atoms with Crippen LogP contribution in [0.4, 0.5) is 5.69 Å². The Kier molecular flexibility index (Phi) is 7.95. The second-order valence-electron chi connectivity index (χ2n) is 6.86. The second-order valence-corrected chi connectivity index (χ2v) is 6.86. The van der Waals surface area contributed by atoms with E-state index >= 15 is 0 Å². The van der Waals surface area contributed by atoms with Crippen molar-refractivity contribution in [3.8, 4) is 5.75 Å². The first-order chi connectivity index (χ1) is 12.6. The minimum absolute atomic E-state index is 0. The van der Waals surface area contributed by atoms with Crippen molar-refractivity contribution >= 4 is 24.0 Å².